The number of ether oxygens (including phenoxy) is 1. The highest BCUT2D eigenvalue weighted by molar-refractivity contribution is 5.91. The highest BCUT2D eigenvalue weighted by Gasteiger charge is 2.28. The fourth-order valence-electron chi connectivity index (χ4n) is 2.78. The predicted molar refractivity (Wildman–Crippen MR) is 99.1 cm³/mol. The summed E-state index contributed by atoms with van der Waals surface area (Å²) in [5.41, 5.74) is 1.18. The third-order valence-electron chi connectivity index (χ3n) is 4.20. The molecule has 1 fully saturated rings. The van der Waals surface area contributed by atoms with Crippen molar-refractivity contribution in [3.8, 4) is 0 Å². The van der Waals surface area contributed by atoms with Gasteiger partial charge in [0.1, 0.15) is 0 Å². The van der Waals surface area contributed by atoms with Gasteiger partial charge in [-0.1, -0.05) is 6.92 Å². The van der Waals surface area contributed by atoms with Gasteiger partial charge in [0.25, 0.3) is 0 Å². The van der Waals surface area contributed by atoms with E-state index < -0.39 is 6.09 Å². The smallest absolute Gasteiger partial charge is 0.411 e. The Morgan fingerprint density at radius 1 is 1.15 bits per heavy atom. The van der Waals surface area contributed by atoms with Crippen molar-refractivity contribution in [3.63, 3.8) is 0 Å². The number of nitrogens with one attached hydrogen (secondary N) is 3. The van der Waals surface area contributed by atoms with Crippen molar-refractivity contribution in [3.05, 3.63) is 24.3 Å². The fraction of sp³-hybridized carbons (Fsp3) is 0.500. The van der Waals surface area contributed by atoms with Crippen LogP contribution in [0.25, 0.3) is 0 Å². The average molecular weight is 362 g/mol. The second-order valence-corrected chi connectivity index (χ2v) is 6.20. The van der Waals surface area contributed by atoms with Gasteiger partial charge in [0.2, 0.25) is 5.91 Å². The lowest BCUT2D eigenvalue weighted by Crippen LogP contribution is -2.47. The first-order valence-electron chi connectivity index (χ1n) is 8.82. The summed E-state index contributed by atoms with van der Waals surface area (Å²) in [5.74, 6) is -0.143. The molecule has 0 spiro atoms. The van der Waals surface area contributed by atoms with Crippen LogP contribution in [0.5, 0.6) is 0 Å². The number of urea groups is 1. The van der Waals surface area contributed by atoms with Crippen LogP contribution in [0.4, 0.5) is 21.0 Å². The summed E-state index contributed by atoms with van der Waals surface area (Å²) in [6.07, 6.45) is 1.94. The second kappa shape index (κ2) is 9.65. The lowest BCUT2D eigenvalue weighted by atomic mass is 9.97. The van der Waals surface area contributed by atoms with Gasteiger partial charge in [0.15, 0.2) is 0 Å². The molecule has 0 radical (unpaired) electrons. The van der Waals surface area contributed by atoms with Crippen molar-refractivity contribution in [2.75, 3.05) is 37.4 Å². The molecule has 1 aromatic carbocycles. The molecule has 1 aliphatic rings. The van der Waals surface area contributed by atoms with E-state index in [1.54, 1.807) is 29.2 Å². The first kappa shape index (κ1) is 19.6. The van der Waals surface area contributed by atoms with E-state index >= 15 is 0 Å². The van der Waals surface area contributed by atoms with Crippen LogP contribution < -0.4 is 16.0 Å². The highest BCUT2D eigenvalue weighted by Crippen LogP contribution is 2.19. The van der Waals surface area contributed by atoms with E-state index in [2.05, 4.69) is 20.7 Å². The molecule has 1 aromatic rings. The van der Waals surface area contributed by atoms with Crippen molar-refractivity contribution >= 4 is 29.4 Å². The Morgan fingerprint density at radius 3 is 2.42 bits per heavy atom. The maximum atomic E-state index is 12.5. The molecular formula is C18H26N4O4. The summed E-state index contributed by atoms with van der Waals surface area (Å²) in [4.78, 5) is 37.4. The molecule has 8 nitrogen and oxygen atoms in total. The molecule has 0 aliphatic carbocycles. The standard InChI is InChI=1S/C18H26N4O4/c1-3-10-19-16(23)13-5-4-11-22(12-13)17(24)20-14-6-8-15(9-7-14)21-18(25)26-2/h6-9,13H,3-5,10-12H2,1-2H3,(H,19,23)(H,20,24)(H,21,25). The molecule has 1 saturated heterocycles. The Bertz CT molecular complexity index is 633. The minimum atomic E-state index is -0.553. The van der Waals surface area contributed by atoms with Gasteiger partial charge in [-0.2, -0.15) is 0 Å². The monoisotopic (exact) mass is 362 g/mol. The van der Waals surface area contributed by atoms with Crippen molar-refractivity contribution in [1.82, 2.24) is 10.2 Å². The molecule has 1 aliphatic heterocycles. The summed E-state index contributed by atoms with van der Waals surface area (Å²) in [6, 6.07) is 6.50. The average Bonchev–Trinajstić information content (AvgIpc) is 2.67. The predicted octanol–water partition coefficient (Wildman–Crippen LogP) is 2.64. The van der Waals surface area contributed by atoms with E-state index in [1.165, 1.54) is 7.11 Å². The zero-order chi connectivity index (χ0) is 18.9. The number of anilines is 2. The van der Waals surface area contributed by atoms with Gasteiger partial charge in [-0.15, -0.1) is 0 Å². The van der Waals surface area contributed by atoms with Crippen LogP contribution in [0.3, 0.4) is 0 Å². The maximum absolute atomic E-state index is 12.5. The van der Waals surface area contributed by atoms with Gasteiger partial charge < -0.3 is 20.3 Å². The second-order valence-electron chi connectivity index (χ2n) is 6.20. The Kier molecular flexibility index (Phi) is 7.25. The van der Waals surface area contributed by atoms with Crippen molar-refractivity contribution in [2.45, 2.75) is 26.2 Å². The lowest BCUT2D eigenvalue weighted by molar-refractivity contribution is -0.126. The molecule has 8 heteroatoms. The third kappa shape index (κ3) is 5.65. The number of hydrogen-bond donors (Lipinski definition) is 3. The van der Waals surface area contributed by atoms with Crippen LogP contribution in [0.1, 0.15) is 26.2 Å². The molecule has 3 N–H and O–H groups in total. The van der Waals surface area contributed by atoms with Crippen LogP contribution in [0.2, 0.25) is 0 Å². The number of methoxy groups -OCH3 is 1. The topological polar surface area (TPSA) is 99.8 Å². The van der Waals surface area contributed by atoms with Gasteiger partial charge in [0.05, 0.1) is 13.0 Å². The van der Waals surface area contributed by atoms with Gasteiger partial charge >= 0.3 is 12.1 Å². The van der Waals surface area contributed by atoms with Crippen LogP contribution >= 0.6 is 0 Å². The van der Waals surface area contributed by atoms with E-state index in [0.717, 1.165) is 19.3 Å². The third-order valence-corrected chi connectivity index (χ3v) is 4.20. The minimum Gasteiger partial charge on any atom is -0.453 e. The number of rotatable bonds is 5. The van der Waals surface area contributed by atoms with Gasteiger partial charge in [-0.3, -0.25) is 10.1 Å². The molecule has 0 saturated carbocycles. The van der Waals surface area contributed by atoms with E-state index in [9.17, 15) is 14.4 Å². The van der Waals surface area contributed by atoms with Crippen LogP contribution in [0, 0.1) is 5.92 Å². The number of hydrogen-bond acceptors (Lipinski definition) is 4. The summed E-state index contributed by atoms with van der Waals surface area (Å²) in [6.45, 7) is 3.72. The molecule has 0 aromatic heterocycles. The van der Waals surface area contributed by atoms with Gasteiger partial charge in [-0.25, -0.2) is 9.59 Å². The SMILES string of the molecule is CCCNC(=O)C1CCCN(C(=O)Nc2ccc(NC(=O)OC)cc2)C1. The lowest BCUT2D eigenvalue weighted by Gasteiger charge is -2.32. The number of piperidine rings is 1. The van der Waals surface area contributed by atoms with Crippen LogP contribution in [-0.4, -0.2) is 49.7 Å². The van der Waals surface area contributed by atoms with Crippen LogP contribution in [-0.2, 0) is 9.53 Å². The van der Waals surface area contributed by atoms with E-state index in [-0.39, 0.29) is 17.9 Å². The number of nitrogens with zero attached hydrogens (tertiary/aromatic N) is 1. The molecule has 1 atom stereocenters. The Labute approximate surface area is 153 Å². The zero-order valence-corrected chi connectivity index (χ0v) is 15.2. The highest BCUT2D eigenvalue weighted by atomic mass is 16.5. The zero-order valence-electron chi connectivity index (χ0n) is 15.2. The molecule has 4 amide bonds. The number of benzene rings is 1. The maximum Gasteiger partial charge on any atom is 0.411 e. The molecule has 26 heavy (non-hydrogen) atoms. The van der Waals surface area contributed by atoms with Crippen molar-refractivity contribution in [2.24, 2.45) is 5.92 Å². The quantitative estimate of drug-likeness (QED) is 0.750. The van der Waals surface area contributed by atoms with Crippen LogP contribution in [0.15, 0.2) is 24.3 Å². The first-order chi connectivity index (χ1) is 12.5. The Hall–Kier alpha value is -2.77. The molecular weight excluding hydrogens is 336 g/mol. The Balaban J connectivity index is 1.88. The van der Waals surface area contributed by atoms with Gasteiger partial charge in [-0.05, 0) is 43.5 Å². The number of carbonyl (C=O) groups excluding carboxylic acids is 3. The first-order valence-corrected chi connectivity index (χ1v) is 8.82. The summed E-state index contributed by atoms with van der Waals surface area (Å²) in [5, 5.41) is 8.26. The largest absolute Gasteiger partial charge is 0.453 e. The summed E-state index contributed by atoms with van der Waals surface area (Å²) < 4.78 is 4.52. The number of likely N-dealkylation sites (tertiary alicyclic amines) is 1. The van der Waals surface area contributed by atoms with E-state index in [0.29, 0.717) is 31.0 Å². The molecule has 142 valence electrons. The summed E-state index contributed by atoms with van der Waals surface area (Å²) >= 11 is 0. The van der Waals surface area contributed by atoms with Crippen molar-refractivity contribution in [1.29, 1.82) is 0 Å². The number of amides is 4. The van der Waals surface area contributed by atoms with E-state index in [4.69, 9.17) is 0 Å². The minimum absolute atomic E-state index is 0.0163. The molecule has 2 rings (SSSR count). The molecule has 1 unspecified atom stereocenters. The van der Waals surface area contributed by atoms with Gasteiger partial charge in [0, 0.05) is 31.0 Å². The number of carbonyl (C=O) groups is 3. The fourth-order valence-corrected chi connectivity index (χ4v) is 2.78. The summed E-state index contributed by atoms with van der Waals surface area (Å²) in [7, 11) is 1.29. The molecule has 1 heterocycles. The molecule has 0 bridgehead atoms. The van der Waals surface area contributed by atoms with E-state index in [1.807, 2.05) is 6.92 Å². The normalized spacial score (nSPS) is 16.5. The Morgan fingerprint density at radius 2 is 1.81 bits per heavy atom. The van der Waals surface area contributed by atoms with Crippen molar-refractivity contribution < 1.29 is 19.1 Å².